The van der Waals surface area contributed by atoms with Crippen LogP contribution in [-0.4, -0.2) is 93.7 Å². The SMILES string of the molecule is COc1ccc(CCN(Cc2ccc(-n3nc(C(=O)NCCCN(C)C)c4cnc(Cl)cc43)c(OC)c2)S(=O)[O-])c(OC)c1. The molecule has 4 aromatic rings. The van der Waals surface area contributed by atoms with E-state index >= 15 is 0 Å². The van der Waals surface area contributed by atoms with Gasteiger partial charge < -0.3 is 29.0 Å². The molecule has 0 fully saturated rings. The second-order valence-electron chi connectivity index (χ2n) is 10.2. The lowest BCUT2D eigenvalue weighted by atomic mass is 10.1. The van der Waals surface area contributed by atoms with E-state index in [-0.39, 0.29) is 29.8 Å². The van der Waals surface area contributed by atoms with Crippen molar-refractivity contribution >= 4 is 39.7 Å². The number of carbonyl (C=O) groups excluding carboxylic acids is 1. The van der Waals surface area contributed by atoms with Crippen molar-refractivity contribution in [2.45, 2.75) is 19.4 Å². The van der Waals surface area contributed by atoms with Gasteiger partial charge in [-0.2, -0.15) is 5.10 Å². The minimum absolute atomic E-state index is 0.113. The number of methoxy groups -OCH3 is 3. The fourth-order valence-corrected chi connectivity index (χ4v) is 5.37. The number of benzene rings is 2. The molecule has 1 unspecified atom stereocenters. The molecule has 0 bridgehead atoms. The van der Waals surface area contributed by atoms with E-state index in [1.807, 2.05) is 31.1 Å². The van der Waals surface area contributed by atoms with Gasteiger partial charge in [-0.15, -0.1) is 0 Å². The summed E-state index contributed by atoms with van der Waals surface area (Å²) in [4.78, 5) is 19.3. The maximum absolute atomic E-state index is 13.1. The lowest BCUT2D eigenvalue weighted by Crippen LogP contribution is -2.28. The van der Waals surface area contributed by atoms with Gasteiger partial charge in [-0.3, -0.25) is 9.00 Å². The van der Waals surface area contributed by atoms with Crippen molar-refractivity contribution in [3.8, 4) is 22.9 Å². The summed E-state index contributed by atoms with van der Waals surface area (Å²) in [6.07, 6.45) is 2.75. The third-order valence-corrected chi connectivity index (χ3v) is 7.92. The highest BCUT2D eigenvalue weighted by Crippen LogP contribution is 2.31. The van der Waals surface area contributed by atoms with Crippen LogP contribution in [0.3, 0.4) is 0 Å². The first kappa shape index (κ1) is 33.1. The van der Waals surface area contributed by atoms with E-state index in [0.29, 0.717) is 52.4 Å². The van der Waals surface area contributed by atoms with Gasteiger partial charge in [0, 0.05) is 49.2 Å². The molecule has 4 rings (SSSR count). The van der Waals surface area contributed by atoms with Crippen LogP contribution in [0.1, 0.15) is 28.0 Å². The molecule has 44 heavy (non-hydrogen) atoms. The number of fused-ring (bicyclic) bond motifs is 1. The first-order valence-corrected chi connectivity index (χ1v) is 15.3. The topological polar surface area (TPSA) is 134 Å². The molecule has 0 radical (unpaired) electrons. The highest BCUT2D eigenvalue weighted by Gasteiger charge is 2.21. The smallest absolute Gasteiger partial charge is 0.272 e. The quantitative estimate of drug-likeness (QED) is 0.117. The minimum Gasteiger partial charge on any atom is -0.760 e. The summed E-state index contributed by atoms with van der Waals surface area (Å²) in [7, 11) is 8.60. The molecule has 2 aromatic carbocycles. The zero-order chi connectivity index (χ0) is 31.8. The van der Waals surface area contributed by atoms with E-state index in [0.717, 1.165) is 18.5 Å². The van der Waals surface area contributed by atoms with Crippen LogP contribution in [0.25, 0.3) is 16.6 Å². The minimum atomic E-state index is -2.48. The maximum Gasteiger partial charge on any atom is 0.272 e. The predicted molar refractivity (Wildman–Crippen MR) is 169 cm³/mol. The Balaban J connectivity index is 1.58. The van der Waals surface area contributed by atoms with Crippen LogP contribution in [0.5, 0.6) is 17.2 Å². The van der Waals surface area contributed by atoms with Gasteiger partial charge in [0.1, 0.15) is 28.1 Å². The molecule has 0 saturated carbocycles. The number of nitrogens with zero attached hydrogens (tertiary/aromatic N) is 5. The van der Waals surface area contributed by atoms with E-state index in [1.54, 1.807) is 49.2 Å². The Kier molecular flexibility index (Phi) is 11.5. The first-order valence-electron chi connectivity index (χ1n) is 13.8. The average molecular weight is 644 g/mol. The van der Waals surface area contributed by atoms with Gasteiger partial charge >= 0.3 is 0 Å². The van der Waals surface area contributed by atoms with Crippen LogP contribution in [0.15, 0.2) is 48.7 Å². The predicted octanol–water partition coefficient (Wildman–Crippen LogP) is 3.62. The molecular formula is C30H36ClN6O6S-. The molecule has 0 saturated heterocycles. The van der Waals surface area contributed by atoms with Crippen LogP contribution < -0.4 is 19.5 Å². The summed E-state index contributed by atoms with van der Waals surface area (Å²) < 4.78 is 43.6. The van der Waals surface area contributed by atoms with Crippen LogP contribution in [0.4, 0.5) is 0 Å². The zero-order valence-corrected chi connectivity index (χ0v) is 26.9. The molecule has 14 heteroatoms. The third kappa shape index (κ3) is 8.04. The number of hydrogen-bond acceptors (Lipinski definition) is 9. The van der Waals surface area contributed by atoms with Crippen molar-refractivity contribution in [1.29, 1.82) is 0 Å². The number of nitrogens with one attached hydrogen (secondary N) is 1. The first-order chi connectivity index (χ1) is 21.1. The van der Waals surface area contributed by atoms with E-state index in [4.69, 9.17) is 25.8 Å². The van der Waals surface area contributed by atoms with Gasteiger partial charge in [-0.1, -0.05) is 23.7 Å². The van der Waals surface area contributed by atoms with Gasteiger partial charge in [0.2, 0.25) is 0 Å². The number of ether oxygens (including phenoxy) is 3. The van der Waals surface area contributed by atoms with Crippen LogP contribution in [-0.2, 0) is 24.2 Å². The van der Waals surface area contributed by atoms with Gasteiger partial charge in [0.25, 0.3) is 5.91 Å². The zero-order valence-electron chi connectivity index (χ0n) is 25.3. The summed E-state index contributed by atoms with van der Waals surface area (Å²) in [5, 5.41) is 8.32. The fourth-order valence-electron chi connectivity index (χ4n) is 4.73. The van der Waals surface area contributed by atoms with E-state index in [1.165, 1.54) is 17.6 Å². The van der Waals surface area contributed by atoms with Gasteiger partial charge in [0.15, 0.2) is 5.69 Å². The second kappa shape index (κ2) is 15.3. The van der Waals surface area contributed by atoms with Crippen molar-refractivity contribution in [3.05, 3.63) is 70.6 Å². The van der Waals surface area contributed by atoms with Gasteiger partial charge in [0.05, 0.1) is 32.2 Å². The molecule has 0 aliphatic rings. The Labute approximate surface area is 264 Å². The lowest BCUT2D eigenvalue weighted by Gasteiger charge is -2.25. The largest absolute Gasteiger partial charge is 0.760 e. The maximum atomic E-state index is 13.1. The standard InChI is InChI=1S/C30H37ClN6O6S/c1-35(2)13-6-12-32-30(38)29-23-18-33-28(31)17-25(23)37(34-29)24-10-7-20(15-27(24)43-5)19-36(44(39)40)14-11-21-8-9-22(41-3)16-26(21)42-4/h7-10,15-18H,6,11-14,19H2,1-5H3,(H,32,38)(H,39,40)/p-1. The molecule has 0 aliphatic carbocycles. The van der Waals surface area contributed by atoms with Gasteiger partial charge in [-0.05, 0) is 62.8 Å². The summed E-state index contributed by atoms with van der Waals surface area (Å²) in [5.74, 6) is 1.38. The highest BCUT2D eigenvalue weighted by atomic mass is 35.5. The summed E-state index contributed by atoms with van der Waals surface area (Å²) in [6, 6.07) is 12.4. The number of carbonyl (C=O) groups is 1. The molecule has 2 aromatic heterocycles. The van der Waals surface area contributed by atoms with E-state index in [2.05, 4.69) is 15.4 Å². The van der Waals surface area contributed by atoms with Crippen LogP contribution in [0, 0.1) is 0 Å². The van der Waals surface area contributed by atoms with Crippen molar-refractivity contribution in [2.24, 2.45) is 0 Å². The fraction of sp³-hybridized carbons (Fsp3) is 0.367. The van der Waals surface area contributed by atoms with Crippen LogP contribution in [0.2, 0.25) is 5.15 Å². The number of amides is 1. The van der Waals surface area contributed by atoms with E-state index < -0.39 is 11.3 Å². The summed E-state index contributed by atoms with van der Waals surface area (Å²) in [5.41, 5.74) is 2.89. The Morgan fingerprint density at radius 3 is 2.50 bits per heavy atom. The Bertz CT molecular complexity index is 1630. The summed E-state index contributed by atoms with van der Waals surface area (Å²) >= 11 is 3.75. The van der Waals surface area contributed by atoms with Crippen molar-refractivity contribution in [1.82, 2.24) is 29.3 Å². The number of hydrogen-bond donors (Lipinski definition) is 1. The highest BCUT2D eigenvalue weighted by molar-refractivity contribution is 7.76. The molecule has 2 heterocycles. The summed E-state index contributed by atoms with van der Waals surface area (Å²) in [6.45, 7) is 1.67. The molecule has 236 valence electrons. The molecule has 1 amide bonds. The monoisotopic (exact) mass is 643 g/mol. The van der Waals surface area contributed by atoms with Crippen molar-refractivity contribution < 1.29 is 27.8 Å². The lowest BCUT2D eigenvalue weighted by molar-refractivity contribution is 0.0948. The van der Waals surface area contributed by atoms with Crippen molar-refractivity contribution in [3.63, 3.8) is 0 Å². The van der Waals surface area contributed by atoms with Gasteiger partial charge in [-0.25, -0.2) is 14.0 Å². The van der Waals surface area contributed by atoms with Crippen LogP contribution >= 0.6 is 11.6 Å². The molecule has 12 nitrogen and oxygen atoms in total. The number of aromatic nitrogens is 3. The molecule has 1 N–H and O–H groups in total. The Morgan fingerprint density at radius 1 is 1.05 bits per heavy atom. The molecule has 1 atom stereocenters. The number of pyridine rings is 1. The molecule has 0 spiro atoms. The third-order valence-electron chi connectivity index (χ3n) is 6.98. The van der Waals surface area contributed by atoms with E-state index in [9.17, 15) is 13.6 Å². The molecule has 0 aliphatic heterocycles. The van der Waals surface area contributed by atoms with Crippen molar-refractivity contribution in [2.75, 3.05) is 55.1 Å². The second-order valence-corrected chi connectivity index (χ2v) is 11.5. The Morgan fingerprint density at radius 2 is 1.82 bits per heavy atom. The molecular weight excluding hydrogens is 608 g/mol. The average Bonchev–Trinajstić information content (AvgIpc) is 3.39. The normalized spacial score (nSPS) is 12.1. The number of halogens is 1. The Hall–Kier alpha value is -3.75. The number of rotatable bonds is 15.